The van der Waals surface area contributed by atoms with Gasteiger partial charge in [0.1, 0.15) is 13.1 Å². The quantitative estimate of drug-likeness (QED) is 0.539. The molecular formula is C14H18N3O4+. The van der Waals surface area contributed by atoms with Crippen LogP contribution in [0.4, 0.5) is 0 Å². The van der Waals surface area contributed by atoms with Crippen LogP contribution in [-0.4, -0.2) is 51.8 Å². The number of nitrogens with zero attached hydrogens (tertiary/aromatic N) is 1. The summed E-state index contributed by atoms with van der Waals surface area (Å²) in [7, 11) is 0. The minimum absolute atomic E-state index is 0.0936. The highest BCUT2D eigenvalue weighted by atomic mass is 16.7. The van der Waals surface area contributed by atoms with Crippen LogP contribution in [0.3, 0.4) is 0 Å². The zero-order chi connectivity index (χ0) is 14.5. The summed E-state index contributed by atoms with van der Waals surface area (Å²) in [4.78, 5) is 13.0. The van der Waals surface area contributed by atoms with Gasteiger partial charge in [-0.15, -0.1) is 0 Å². The Morgan fingerprint density at radius 3 is 2.95 bits per heavy atom. The number of carbonyl (C=O) groups is 1. The molecular weight excluding hydrogens is 274 g/mol. The van der Waals surface area contributed by atoms with Crippen molar-refractivity contribution in [3.05, 3.63) is 23.8 Å². The van der Waals surface area contributed by atoms with Crippen LogP contribution in [0.15, 0.2) is 23.3 Å². The predicted octanol–water partition coefficient (Wildman–Crippen LogP) is -1.22. The van der Waals surface area contributed by atoms with Gasteiger partial charge in [0, 0.05) is 0 Å². The van der Waals surface area contributed by atoms with Crippen molar-refractivity contribution in [2.75, 3.05) is 39.6 Å². The molecule has 0 radical (unpaired) electrons. The van der Waals surface area contributed by atoms with E-state index in [-0.39, 0.29) is 12.7 Å². The third-order valence-corrected chi connectivity index (χ3v) is 3.41. The molecule has 0 saturated carbocycles. The Morgan fingerprint density at radius 2 is 2.10 bits per heavy atom. The average molecular weight is 292 g/mol. The van der Waals surface area contributed by atoms with Crippen LogP contribution in [0.2, 0.25) is 0 Å². The second-order valence-corrected chi connectivity index (χ2v) is 4.95. The number of nitrogens with one attached hydrogen (secondary N) is 2. The zero-order valence-electron chi connectivity index (χ0n) is 11.6. The lowest BCUT2D eigenvalue weighted by molar-refractivity contribution is -0.900. The van der Waals surface area contributed by atoms with E-state index >= 15 is 0 Å². The normalized spacial score (nSPS) is 18.1. The van der Waals surface area contributed by atoms with Crippen molar-refractivity contribution in [3.63, 3.8) is 0 Å². The second-order valence-electron chi connectivity index (χ2n) is 4.95. The first-order valence-corrected chi connectivity index (χ1v) is 6.94. The molecule has 3 rings (SSSR count). The molecule has 1 aromatic rings. The summed E-state index contributed by atoms with van der Waals surface area (Å²) < 4.78 is 15.8. The third kappa shape index (κ3) is 3.71. The van der Waals surface area contributed by atoms with E-state index in [2.05, 4.69) is 10.5 Å². The van der Waals surface area contributed by atoms with Gasteiger partial charge in [-0.05, 0) is 23.8 Å². The number of quaternary nitrogens is 1. The van der Waals surface area contributed by atoms with Crippen molar-refractivity contribution in [2.24, 2.45) is 5.10 Å². The van der Waals surface area contributed by atoms with Gasteiger partial charge in [-0.25, -0.2) is 5.43 Å². The summed E-state index contributed by atoms with van der Waals surface area (Å²) >= 11 is 0. The zero-order valence-corrected chi connectivity index (χ0v) is 11.6. The lowest BCUT2D eigenvalue weighted by Crippen LogP contribution is -3.15. The first-order valence-electron chi connectivity index (χ1n) is 6.94. The first kappa shape index (κ1) is 13.8. The number of carbonyl (C=O) groups excluding carboxylic acids is 1. The van der Waals surface area contributed by atoms with Gasteiger partial charge in [0.15, 0.2) is 18.0 Å². The maximum absolute atomic E-state index is 11.8. The van der Waals surface area contributed by atoms with Gasteiger partial charge >= 0.3 is 0 Å². The Labute approximate surface area is 122 Å². The van der Waals surface area contributed by atoms with Crippen molar-refractivity contribution >= 4 is 12.1 Å². The van der Waals surface area contributed by atoms with E-state index in [1.165, 1.54) is 4.90 Å². The molecule has 1 fully saturated rings. The molecule has 0 unspecified atom stereocenters. The Kier molecular flexibility index (Phi) is 4.32. The summed E-state index contributed by atoms with van der Waals surface area (Å²) in [6.07, 6.45) is 1.59. The molecule has 0 aliphatic carbocycles. The Morgan fingerprint density at radius 1 is 1.29 bits per heavy atom. The van der Waals surface area contributed by atoms with E-state index in [4.69, 9.17) is 14.2 Å². The molecule has 1 saturated heterocycles. The fraction of sp³-hybridized carbons (Fsp3) is 0.429. The molecule has 0 spiro atoms. The van der Waals surface area contributed by atoms with E-state index in [1.807, 2.05) is 18.2 Å². The monoisotopic (exact) mass is 292 g/mol. The number of ether oxygens (including phenoxy) is 3. The molecule has 7 heteroatoms. The fourth-order valence-corrected chi connectivity index (χ4v) is 2.28. The fourth-order valence-electron chi connectivity index (χ4n) is 2.28. The van der Waals surface area contributed by atoms with Crippen LogP contribution in [0.25, 0.3) is 0 Å². The van der Waals surface area contributed by atoms with E-state index < -0.39 is 0 Å². The highest BCUT2D eigenvalue weighted by molar-refractivity contribution is 5.83. The third-order valence-electron chi connectivity index (χ3n) is 3.41. The van der Waals surface area contributed by atoms with Crippen molar-refractivity contribution in [2.45, 2.75) is 0 Å². The van der Waals surface area contributed by atoms with Crippen LogP contribution in [0.1, 0.15) is 5.56 Å². The van der Waals surface area contributed by atoms with E-state index in [9.17, 15) is 4.79 Å². The van der Waals surface area contributed by atoms with E-state index in [0.717, 1.165) is 24.4 Å². The number of rotatable bonds is 4. The summed E-state index contributed by atoms with van der Waals surface area (Å²) in [6, 6.07) is 5.50. The molecule has 112 valence electrons. The van der Waals surface area contributed by atoms with Gasteiger partial charge in [0.05, 0.1) is 19.4 Å². The molecule has 0 bridgehead atoms. The number of hydrogen-bond acceptors (Lipinski definition) is 5. The van der Waals surface area contributed by atoms with Gasteiger partial charge < -0.3 is 19.1 Å². The number of morpholine rings is 1. The van der Waals surface area contributed by atoms with Gasteiger partial charge in [-0.3, -0.25) is 4.79 Å². The van der Waals surface area contributed by atoms with E-state index in [1.54, 1.807) is 6.21 Å². The smallest absolute Gasteiger partial charge is 0.295 e. The predicted molar refractivity (Wildman–Crippen MR) is 74.7 cm³/mol. The molecule has 0 atom stereocenters. The molecule has 1 amide bonds. The molecule has 2 aliphatic rings. The number of hydrogen-bond donors (Lipinski definition) is 2. The van der Waals surface area contributed by atoms with Crippen LogP contribution in [0.5, 0.6) is 11.5 Å². The minimum atomic E-state index is -0.0936. The molecule has 2 heterocycles. The summed E-state index contributed by atoms with van der Waals surface area (Å²) in [5, 5.41) is 3.97. The first-order chi connectivity index (χ1) is 10.3. The van der Waals surface area contributed by atoms with Gasteiger partial charge in [-0.2, -0.15) is 5.10 Å². The Balaban J connectivity index is 1.48. The van der Waals surface area contributed by atoms with Crippen molar-refractivity contribution in [3.8, 4) is 11.5 Å². The van der Waals surface area contributed by atoms with Gasteiger partial charge in [-0.1, -0.05) is 0 Å². The highest BCUT2D eigenvalue weighted by Crippen LogP contribution is 2.31. The molecule has 1 aromatic carbocycles. The summed E-state index contributed by atoms with van der Waals surface area (Å²) in [6.45, 7) is 3.81. The van der Waals surface area contributed by atoms with Gasteiger partial charge in [0.2, 0.25) is 6.79 Å². The molecule has 2 aliphatic heterocycles. The minimum Gasteiger partial charge on any atom is -0.454 e. The van der Waals surface area contributed by atoms with Crippen LogP contribution in [-0.2, 0) is 9.53 Å². The van der Waals surface area contributed by atoms with Crippen LogP contribution < -0.4 is 19.8 Å². The maximum atomic E-state index is 11.8. The molecule has 2 N–H and O–H groups in total. The number of hydrazone groups is 1. The maximum Gasteiger partial charge on any atom is 0.295 e. The topological polar surface area (TPSA) is 73.6 Å². The number of benzene rings is 1. The summed E-state index contributed by atoms with van der Waals surface area (Å²) in [5.41, 5.74) is 3.39. The second kappa shape index (κ2) is 6.55. The Bertz CT molecular complexity index is 541. The SMILES string of the molecule is O=C(C[NH+]1CCOCC1)NN=Cc1ccc2c(c1)OCO2. The number of amides is 1. The van der Waals surface area contributed by atoms with Crippen LogP contribution >= 0.6 is 0 Å². The lowest BCUT2D eigenvalue weighted by atomic mass is 10.2. The number of fused-ring (bicyclic) bond motifs is 1. The largest absolute Gasteiger partial charge is 0.454 e. The molecule has 7 nitrogen and oxygen atoms in total. The van der Waals surface area contributed by atoms with Crippen molar-refractivity contribution in [1.29, 1.82) is 0 Å². The van der Waals surface area contributed by atoms with E-state index in [0.29, 0.717) is 25.5 Å². The molecule has 0 aromatic heterocycles. The van der Waals surface area contributed by atoms with Gasteiger partial charge in [0.25, 0.3) is 5.91 Å². The van der Waals surface area contributed by atoms with Crippen molar-refractivity contribution in [1.82, 2.24) is 5.43 Å². The molecule has 21 heavy (non-hydrogen) atoms. The highest BCUT2D eigenvalue weighted by Gasteiger charge is 2.17. The average Bonchev–Trinajstić information content (AvgIpc) is 2.96. The summed E-state index contributed by atoms with van der Waals surface area (Å²) in [5.74, 6) is 1.33. The lowest BCUT2D eigenvalue weighted by Gasteiger charge is -2.22. The van der Waals surface area contributed by atoms with Crippen LogP contribution in [0, 0.1) is 0 Å². The Hall–Kier alpha value is -2.12. The van der Waals surface area contributed by atoms with Crippen molar-refractivity contribution < 1.29 is 23.9 Å². The standard InChI is InChI=1S/C14H17N3O4/c18-14(9-17-3-5-19-6-4-17)16-15-8-11-1-2-12-13(7-11)21-10-20-12/h1-2,7-8H,3-6,9-10H2,(H,16,18)/p+1.